The van der Waals surface area contributed by atoms with Gasteiger partial charge in [-0.3, -0.25) is 19.3 Å². The van der Waals surface area contributed by atoms with Gasteiger partial charge in [0.15, 0.2) is 11.5 Å². The third kappa shape index (κ3) is 6.38. The Labute approximate surface area is 198 Å². The lowest BCUT2D eigenvalue weighted by atomic mass is 10.1. The molecule has 2 aromatic rings. The molecule has 0 aliphatic carbocycles. The van der Waals surface area contributed by atoms with Crippen LogP contribution in [0.1, 0.15) is 38.3 Å². The van der Waals surface area contributed by atoms with Gasteiger partial charge in [-0.15, -0.1) is 0 Å². The van der Waals surface area contributed by atoms with Crippen LogP contribution in [-0.4, -0.2) is 41.2 Å². The monoisotopic (exact) mass is 468 g/mol. The highest BCUT2D eigenvalue weighted by Crippen LogP contribution is 2.35. The summed E-state index contributed by atoms with van der Waals surface area (Å²) >= 11 is 0.811. The number of anilines is 1. The Morgan fingerprint density at radius 2 is 1.85 bits per heavy atom. The van der Waals surface area contributed by atoms with Crippen LogP contribution < -0.4 is 14.8 Å². The molecule has 1 saturated heterocycles. The van der Waals surface area contributed by atoms with E-state index in [4.69, 9.17) is 9.47 Å². The summed E-state index contributed by atoms with van der Waals surface area (Å²) in [5, 5.41) is 2.23. The summed E-state index contributed by atoms with van der Waals surface area (Å²) in [6, 6.07) is 12.7. The van der Waals surface area contributed by atoms with E-state index in [0.29, 0.717) is 29.4 Å². The largest absolute Gasteiger partial charge is 0.490 e. The normalized spacial score (nSPS) is 15.6. The lowest BCUT2D eigenvalue weighted by Crippen LogP contribution is -2.36. The van der Waals surface area contributed by atoms with Crippen LogP contribution in [0.5, 0.6) is 11.5 Å². The molecule has 3 rings (SSSR count). The Morgan fingerprint density at radius 1 is 1.12 bits per heavy atom. The van der Waals surface area contributed by atoms with E-state index in [-0.39, 0.29) is 17.6 Å². The summed E-state index contributed by atoms with van der Waals surface area (Å²) in [7, 11) is 0. The average Bonchev–Trinajstić information content (AvgIpc) is 3.04. The molecule has 33 heavy (non-hydrogen) atoms. The van der Waals surface area contributed by atoms with Crippen LogP contribution in [0.2, 0.25) is 0 Å². The van der Waals surface area contributed by atoms with Crippen LogP contribution in [0.25, 0.3) is 6.08 Å². The van der Waals surface area contributed by atoms with Gasteiger partial charge in [-0.25, -0.2) is 0 Å². The Kier molecular flexibility index (Phi) is 8.16. The first-order chi connectivity index (χ1) is 15.8. The number of aryl methyl sites for hydroxylation is 1. The number of hydrogen-bond acceptors (Lipinski definition) is 6. The number of hydrogen-bond donors (Lipinski definition) is 1. The van der Waals surface area contributed by atoms with Crippen molar-refractivity contribution in [2.45, 2.75) is 40.2 Å². The predicted molar refractivity (Wildman–Crippen MR) is 130 cm³/mol. The van der Waals surface area contributed by atoms with Crippen LogP contribution in [0.3, 0.4) is 0 Å². The minimum atomic E-state index is -0.498. The van der Waals surface area contributed by atoms with Crippen molar-refractivity contribution in [2.75, 3.05) is 18.5 Å². The quantitative estimate of drug-likeness (QED) is 0.506. The zero-order valence-electron chi connectivity index (χ0n) is 19.2. The Morgan fingerprint density at radius 3 is 2.52 bits per heavy atom. The fourth-order valence-corrected chi connectivity index (χ4v) is 3.89. The topological polar surface area (TPSA) is 84.9 Å². The number of nitrogens with one attached hydrogen (secondary N) is 1. The number of thioether (sulfide) groups is 1. The third-order valence-corrected chi connectivity index (χ3v) is 5.89. The number of nitrogens with zero attached hydrogens (tertiary/aromatic N) is 1. The first-order valence-corrected chi connectivity index (χ1v) is 11.7. The summed E-state index contributed by atoms with van der Waals surface area (Å²) in [5.74, 6) is 0.266. The molecular formula is C25H28N2O5S. The molecule has 1 fully saturated rings. The summed E-state index contributed by atoms with van der Waals surface area (Å²) in [4.78, 5) is 38.8. The van der Waals surface area contributed by atoms with Crippen molar-refractivity contribution in [1.82, 2.24) is 4.90 Å². The number of benzene rings is 2. The summed E-state index contributed by atoms with van der Waals surface area (Å²) in [5.41, 5.74) is 2.37. The molecule has 174 valence electrons. The van der Waals surface area contributed by atoms with E-state index < -0.39 is 17.1 Å². The van der Waals surface area contributed by atoms with Gasteiger partial charge in [-0.2, -0.15) is 0 Å². The maximum Gasteiger partial charge on any atom is 0.294 e. The Bertz CT molecular complexity index is 1060. The average molecular weight is 469 g/mol. The fourth-order valence-electron chi connectivity index (χ4n) is 3.05. The number of ether oxygens (including phenoxy) is 2. The molecule has 1 aliphatic rings. The molecular weight excluding hydrogens is 440 g/mol. The highest BCUT2D eigenvalue weighted by molar-refractivity contribution is 8.18. The molecule has 0 radical (unpaired) electrons. The van der Waals surface area contributed by atoms with E-state index in [9.17, 15) is 14.4 Å². The van der Waals surface area contributed by atoms with Crippen molar-refractivity contribution in [3.05, 3.63) is 58.5 Å². The van der Waals surface area contributed by atoms with Gasteiger partial charge in [0.1, 0.15) is 6.54 Å². The number of amides is 3. The van der Waals surface area contributed by atoms with Gasteiger partial charge in [-0.1, -0.05) is 30.7 Å². The lowest BCUT2D eigenvalue weighted by molar-refractivity contribution is -0.127. The Hall–Kier alpha value is -3.26. The highest BCUT2D eigenvalue weighted by Gasteiger charge is 2.36. The van der Waals surface area contributed by atoms with E-state index in [1.54, 1.807) is 36.4 Å². The third-order valence-electron chi connectivity index (χ3n) is 4.98. The maximum absolute atomic E-state index is 12.8. The number of rotatable bonds is 9. The first kappa shape index (κ1) is 24.4. The summed E-state index contributed by atoms with van der Waals surface area (Å²) in [6.07, 6.45) is 2.52. The van der Waals surface area contributed by atoms with Crippen molar-refractivity contribution in [1.29, 1.82) is 0 Å². The minimum Gasteiger partial charge on any atom is -0.490 e. The molecule has 0 saturated carbocycles. The number of carbonyl (C=O) groups is 3. The van der Waals surface area contributed by atoms with Gasteiger partial charge in [0, 0.05) is 5.69 Å². The standard InChI is InChI=1S/C25H28N2O5S/c1-5-17(4)32-20-12-9-18(13-21(20)31-6-2)14-22-24(29)27(25(30)33-22)15-23(28)26-19-10-7-16(3)8-11-19/h7-14,17H,5-6,15H2,1-4H3,(H,26,28)/b22-14+. The van der Waals surface area contributed by atoms with Crippen molar-refractivity contribution >= 4 is 40.6 Å². The van der Waals surface area contributed by atoms with Crippen LogP contribution in [0.15, 0.2) is 47.4 Å². The molecule has 8 heteroatoms. The molecule has 1 aliphatic heterocycles. The minimum absolute atomic E-state index is 0.0395. The molecule has 1 atom stereocenters. The summed E-state index contributed by atoms with van der Waals surface area (Å²) < 4.78 is 11.6. The smallest absolute Gasteiger partial charge is 0.294 e. The van der Waals surface area contributed by atoms with Crippen molar-refractivity contribution in [2.24, 2.45) is 0 Å². The van der Waals surface area contributed by atoms with Crippen LogP contribution in [0.4, 0.5) is 10.5 Å². The van der Waals surface area contributed by atoms with Crippen LogP contribution >= 0.6 is 11.8 Å². The summed E-state index contributed by atoms with van der Waals surface area (Å²) in [6.45, 7) is 7.97. The van der Waals surface area contributed by atoms with Gasteiger partial charge in [-0.05, 0) is 74.9 Å². The number of imide groups is 1. The van der Waals surface area contributed by atoms with Gasteiger partial charge in [0.05, 0.1) is 17.6 Å². The van der Waals surface area contributed by atoms with E-state index in [2.05, 4.69) is 5.32 Å². The first-order valence-electron chi connectivity index (χ1n) is 10.9. The van der Waals surface area contributed by atoms with E-state index in [1.165, 1.54) is 0 Å². The van der Waals surface area contributed by atoms with Crippen LogP contribution in [0, 0.1) is 6.92 Å². The second-order valence-corrected chi connectivity index (χ2v) is 8.65. The molecule has 1 heterocycles. The molecule has 2 aromatic carbocycles. The second kappa shape index (κ2) is 11.0. The fraction of sp³-hybridized carbons (Fsp3) is 0.320. The van der Waals surface area contributed by atoms with Crippen molar-refractivity contribution < 1.29 is 23.9 Å². The van der Waals surface area contributed by atoms with E-state index in [0.717, 1.165) is 28.6 Å². The number of carbonyl (C=O) groups excluding carboxylic acids is 3. The van der Waals surface area contributed by atoms with Crippen LogP contribution in [-0.2, 0) is 9.59 Å². The predicted octanol–water partition coefficient (Wildman–Crippen LogP) is 5.25. The van der Waals surface area contributed by atoms with Gasteiger partial charge >= 0.3 is 0 Å². The molecule has 1 unspecified atom stereocenters. The molecule has 0 spiro atoms. The van der Waals surface area contributed by atoms with Gasteiger partial charge in [0.2, 0.25) is 5.91 Å². The zero-order chi connectivity index (χ0) is 24.0. The SMILES string of the molecule is CCOc1cc(/C=C2/SC(=O)N(CC(=O)Nc3ccc(C)cc3)C2=O)ccc1OC(C)CC. The maximum atomic E-state index is 12.8. The lowest BCUT2D eigenvalue weighted by Gasteiger charge is -2.16. The van der Waals surface area contributed by atoms with E-state index in [1.807, 2.05) is 39.8 Å². The van der Waals surface area contributed by atoms with Crippen molar-refractivity contribution in [3.63, 3.8) is 0 Å². The molecule has 3 amide bonds. The molecule has 1 N–H and O–H groups in total. The molecule has 0 bridgehead atoms. The molecule has 7 nitrogen and oxygen atoms in total. The molecule has 0 aromatic heterocycles. The highest BCUT2D eigenvalue weighted by atomic mass is 32.2. The zero-order valence-corrected chi connectivity index (χ0v) is 20.0. The van der Waals surface area contributed by atoms with Gasteiger partial charge < -0.3 is 14.8 Å². The Balaban J connectivity index is 1.72. The second-order valence-electron chi connectivity index (χ2n) is 7.66. The van der Waals surface area contributed by atoms with Gasteiger partial charge in [0.25, 0.3) is 11.1 Å². The van der Waals surface area contributed by atoms with Crippen molar-refractivity contribution in [3.8, 4) is 11.5 Å². The van der Waals surface area contributed by atoms with E-state index >= 15 is 0 Å².